The Hall–Kier alpha value is -3.02. The van der Waals surface area contributed by atoms with Gasteiger partial charge in [-0.05, 0) is 42.2 Å². The van der Waals surface area contributed by atoms with Crippen LogP contribution in [0.1, 0.15) is 46.9 Å². The van der Waals surface area contributed by atoms with Crippen LogP contribution in [0.4, 0.5) is 0 Å². The van der Waals surface area contributed by atoms with Gasteiger partial charge < -0.3 is 14.7 Å². The predicted octanol–water partition coefficient (Wildman–Crippen LogP) is 3.78. The lowest BCUT2D eigenvalue weighted by Crippen LogP contribution is -2.25. The largest absolute Gasteiger partial charge is 0.507 e. The lowest BCUT2D eigenvalue weighted by Gasteiger charge is -2.16. The third kappa shape index (κ3) is 3.12. The topological polar surface area (TPSA) is 78.4 Å². The number of H-pyrrole nitrogens is 1. The van der Waals surface area contributed by atoms with Crippen molar-refractivity contribution in [1.29, 1.82) is 0 Å². The summed E-state index contributed by atoms with van der Waals surface area (Å²) in [5, 5.41) is 18.6. The number of ether oxygens (including phenoxy) is 1. The first-order valence-corrected chi connectivity index (χ1v) is 9.25. The molecule has 2 heterocycles. The average molecular weight is 365 g/mol. The maximum Gasteiger partial charge on any atom is 0.258 e. The smallest absolute Gasteiger partial charge is 0.258 e. The van der Waals surface area contributed by atoms with Crippen molar-refractivity contribution in [2.24, 2.45) is 0 Å². The number of fused-ring (bicyclic) bond motifs is 2. The maximum atomic E-state index is 13.1. The number of carbonyl (C=O) groups is 1. The van der Waals surface area contributed by atoms with E-state index in [-0.39, 0.29) is 11.7 Å². The molecule has 0 spiro atoms. The third-order valence-electron chi connectivity index (χ3n) is 5.18. The molecule has 2 aromatic carbocycles. The Morgan fingerprint density at radius 2 is 2.07 bits per heavy atom. The fourth-order valence-electron chi connectivity index (χ4n) is 3.63. The van der Waals surface area contributed by atoms with Crippen molar-refractivity contribution in [3.63, 3.8) is 0 Å². The van der Waals surface area contributed by atoms with Gasteiger partial charge >= 0.3 is 0 Å². The van der Waals surface area contributed by atoms with E-state index in [0.29, 0.717) is 24.2 Å². The number of hydrogen-bond acceptors (Lipinski definition) is 4. The summed E-state index contributed by atoms with van der Waals surface area (Å²) >= 11 is 0. The molecule has 140 valence electrons. The highest BCUT2D eigenvalue weighted by Crippen LogP contribution is 2.32. The molecule has 2 N–H and O–H groups in total. The Morgan fingerprint density at radius 3 is 2.85 bits per heavy atom. The number of rotatable bonds is 5. The molecule has 27 heavy (non-hydrogen) atoms. The minimum atomic E-state index is -0.174. The second kappa shape index (κ2) is 6.95. The number of phenols is 1. The van der Waals surface area contributed by atoms with Crippen molar-refractivity contribution < 1.29 is 14.6 Å². The van der Waals surface area contributed by atoms with Crippen molar-refractivity contribution in [3.05, 3.63) is 52.7 Å². The van der Waals surface area contributed by atoms with E-state index in [1.807, 2.05) is 18.2 Å². The van der Waals surface area contributed by atoms with E-state index in [1.165, 1.54) is 0 Å². The summed E-state index contributed by atoms with van der Waals surface area (Å²) < 4.78 is 5.27. The van der Waals surface area contributed by atoms with Crippen molar-refractivity contribution >= 4 is 16.8 Å². The summed E-state index contributed by atoms with van der Waals surface area (Å²) in [6, 6.07) is 9.20. The van der Waals surface area contributed by atoms with Gasteiger partial charge in [0, 0.05) is 30.2 Å². The average Bonchev–Trinajstić information content (AvgIpc) is 3.28. The maximum absolute atomic E-state index is 13.1. The highest BCUT2D eigenvalue weighted by Gasteiger charge is 2.27. The molecule has 4 rings (SSSR count). The summed E-state index contributed by atoms with van der Waals surface area (Å²) in [4.78, 5) is 14.8. The van der Waals surface area contributed by atoms with E-state index in [2.05, 4.69) is 17.1 Å². The molecular formula is C21H23N3O3. The number of carbonyl (C=O) groups excluding carboxylic acids is 1. The molecule has 0 aliphatic carbocycles. The van der Waals surface area contributed by atoms with E-state index >= 15 is 0 Å². The Balaban J connectivity index is 1.63. The van der Waals surface area contributed by atoms with Gasteiger partial charge in [-0.2, -0.15) is 5.10 Å². The van der Waals surface area contributed by atoms with Crippen LogP contribution in [0, 0.1) is 0 Å². The zero-order valence-electron chi connectivity index (χ0n) is 15.6. The van der Waals surface area contributed by atoms with Crippen LogP contribution in [-0.2, 0) is 19.5 Å². The van der Waals surface area contributed by atoms with Gasteiger partial charge in [0.25, 0.3) is 5.91 Å². The molecule has 0 fully saturated rings. The summed E-state index contributed by atoms with van der Waals surface area (Å²) in [5.74, 6) is 0.577. The van der Waals surface area contributed by atoms with Crippen LogP contribution in [-0.4, -0.2) is 33.2 Å². The molecule has 6 nitrogen and oxygen atoms in total. The number of nitrogens with one attached hydrogen (secondary N) is 1. The second-order valence-electron chi connectivity index (χ2n) is 6.99. The third-order valence-corrected chi connectivity index (χ3v) is 5.18. The summed E-state index contributed by atoms with van der Waals surface area (Å²) in [6.45, 7) is 3.18. The van der Waals surface area contributed by atoms with Gasteiger partial charge in [0.2, 0.25) is 0 Å². The number of unbranched alkanes of at least 4 members (excludes halogenated alkanes) is 1. The Bertz CT molecular complexity index is 1010. The lowest BCUT2D eigenvalue weighted by atomic mass is 10.1. The number of aromatic amines is 1. The minimum absolute atomic E-state index is 0.0328. The Kier molecular flexibility index (Phi) is 4.48. The number of nitrogens with zero attached hydrogens (tertiary/aromatic N) is 2. The number of benzene rings is 2. The van der Waals surface area contributed by atoms with Gasteiger partial charge in [0.1, 0.15) is 11.5 Å². The Morgan fingerprint density at radius 1 is 1.26 bits per heavy atom. The van der Waals surface area contributed by atoms with E-state index < -0.39 is 0 Å². The molecule has 1 aliphatic heterocycles. The molecule has 0 bridgehead atoms. The lowest BCUT2D eigenvalue weighted by molar-refractivity contribution is 0.0748. The van der Waals surface area contributed by atoms with Crippen molar-refractivity contribution in [2.75, 3.05) is 7.11 Å². The number of aromatic nitrogens is 2. The van der Waals surface area contributed by atoms with E-state index in [4.69, 9.17) is 4.74 Å². The standard InChI is InChI=1S/C21H23N3O3/c1-3-4-5-18-16-9-17(20(25)10-19(16)23-22-18)21(26)24-11-13-6-7-15(27-2)8-14(13)12-24/h6-10,25H,3-5,11-12H2,1-2H3,(H,22,23). The van der Waals surface area contributed by atoms with Gasteiger partial charge in [-0.3, -0.25) is 9.89 Å². The fraction of sp³-hybridized carbons (Fsp3) is 0.333. The molecule has 6 heteroatoms. The van der Waals surface area contributed by atoms with Crippen LogP contribution < -0.4 is 4.74 Å². The number of aryl methyl sites for hydroxylation is 1. The van der Waals surface area contributed by atoms with Gasteiger partial charge in [0.05, 0.1) is 18.2 Å². The van der Waals surface area contributed by atoms with Crippen LogP contribution in [0.15, 0.2) is 30.3 Å². The normalized spacial score (nSPS) is 13.2. The van der Waals surface area contributed by atoms with E-state index in [9.17, 15) is 9.90 Å². The van der Waals surface area contributed by atoms with Crippen molar-refractivity contribution in [2.45, 2.75) is 39.3 Å². The summed E-state index contributed by atoms with van der Waals surface area (Å²) in [5.41, 5.74) is 4.20. The van der Waals surface area contributed by atoms with Crippen LogP contribution >= 0.6 is 0 Å². The zero-order valence-corrected chi connectivity index (χ0v) is 15.6. The highest BCUT2D eigenvalue weighted by atomic mass is 16.5. The van der Waals surface area contributed by atoms with Crippen LogP contribution in [0.2, 0.25) is 0 Å². The molecule has 1 aromatic heterocycles. The van der Waals surface area contributed by atoms with E-state index in [0.717, 1.165) is 47.2 Å². The molecular weight excluding hydrogens is 342 g/mol. The van der Waals surface area contributed by atoms with Crippen LogP contribution in [0.3, 0.4) is 0 Å². The second-order valence-corrected chi connectivity index (χ2v) is 6.99. The number of amides is 1. The van der Waals surface area contributed by atoms with Crippen molar-refractivity contribution in [3.8, 4) is 11.5 Å². The minimum Gasteiger partial charge on any atom is -0.507 e. The number of phenolic OH excluding ortho intramolecular Hbond substituents is 1. The first-order chi connectivity index (χ1) is 13.1. The number of aromatic hydroxyl groups is 1. The van der Waals surface area contributed by atoms with Gasteiger partial charge in [0.15, 0.2) is 0 Å². The molecule has 0 unspecified atom stereocenters. The van der Waals surface area contributed by atoms with Crippen molar-refractivity contribution in [1.82, 2.24) is 15.1 Å². The van der Waals surface area contributed by atoms with Gasteiger partial charge in [-0.1, -0.05) is 19.4 Å². The molecule has 1 amide bonds. The molecule has 0 saturated heterocycles. The predicted molar refractivity (Wildman–Crippen MR) is 103 cm³/mol. The number of hydrogen-bond donors (Lipinski definition) is 2. The van der Waals surface area contributed by atoms with Crippen LogP contribution in [0.25, 0.3) is 10.9 Å². The number of methoxy groups -OCH3 is 1. The molecule has 0 saturated carbocycles. The summed E-state index contributed by atoms with van der Waals surface area (Å²) in [7, 11) is 1.63. The van der Waals surface area contributed by atoms with Crippen LogP contribution in [0.5, 0.6) is 11.5 Å². The quantitative estimate of drug-likeness (QED) is 0.721. The van der Waals surface area contributed by atoms with Gasteiger partial charge in [-0.15, -0.1) is 0 Å². The molecule has 3 aromatic rings. The zero-order chi connectivity index (χ0) is 19.0. The first kappa shape index (κ1) is 17.4. The SMILES string of the molecule is CCCCc1[nH]nc2cc(O)c(C(=O)N3Cc4ccc(OC)cc4C3)cc12. The molecule has 0 atom stereocenters. The molecule has 0 radical (unpaired) electrons. The highest BCUT2D eigenvalue weighted by molar-refractivity contribution is 6.01. The fourth-order valence-corrected chi connectivity index (χ4v) is 3.63. The Labute approximate surface area is 157 Å². The summed E-state index contributed by atoms with van der Waals surface area (Å²) in [6.07, 6.45) is 3.00. The monoisotopic (exact) mass is 365 g/mol. The van der Waals surface area contributed by atoms with E-state index in [1.54, 1.807) is 24.1 Å². The molecule has 1 aliphatic rings. The van der Waals surface area contributed by atoms with Gasteiger partial charge in [-0.25, -0.2) is 0 Å². The first-order valence-electron chi connectivity index (χ1n) is 9.25.